The molecule has 3 nitrogen and oxygen atoms in total. The highest BCUT2D eigenvalue weighted by atomic mass is 16.2. The lowest BCUT2D eigenvalue weighted by atomic mass is 9.62. The minimum atomic E-state index is -0.667. The summed E-state index contributed by atoms with van der Waals surface area (Å²) in [6, 6.07) is 20.1. The van der Waals surface area contributed by atoms with Crippen LogP contribution in [0.2, 0.25) is 0 Å². The fourth-order valence-electron chi connectivity index (χ4n) is 4.55. The fourth-order valence-corrected chi connectivity index (χ4v) is 4.55. The number of hydrogen-bond donors (Lipinski definition) is 0. The van der Waals surface area contributed by atoms with E-state index >= 15 is 0 Å². The van der Waals surface area contributed by atoms with E-state index in [1.54, 1.807) is 0 Å². The molecule has 1 fully saturated rings. The summed E-state index contributed by atoms with van der Waals surface area (Å²) in [6.45, 7) is 2.59. The van der Waals surface area contributed by atoms with Gasteiger partial charge in [-0.3, -0.25) is 14.5 Å². The van der Waals surface area contributed by atoms with Crippen LogP contribution in [0.3, 0.4) is 0 Å². The number of imide groups is 1. The molecule has 1 aliphatic heterocycles. The molecule has 0 N–H and O–H groups in total. The fraction of sp³-hybridized carbons (Fsp3) is 0.304. The smallest absolute Gasteiger partial charge is 0.257 e. The van der Waals surface area contributed by atoms with Crippen molar-refractivity contribution in [2.75, 3.05) is 6.54 Å². The summed E-state index contributed by atoms with van der Waals surface area (Å²) in [6.07, 6.45) is 4.42. The van der Waals surface area contributed by atoms with Crippen LogP contribution in [0.5, 0.6) is 0 Å². The third-order valence-corrected chi connectivity index (χ3v) is 5.74. The molecular weight excluding hydrogens is 322 g/mol. The van der Waals surface area contributed by atoms with Crippen LogP contribution in [-0.2, 0) is 15.0 Å². The monoisotopic (exact) mass is 345 g/mol. The second kappa shape index (κ2) is 6.56. The zero-order valence-corrected chi connectivity index (χ0v) is 15.0. The molecule has 0 aromatic heterocycles. The highest BCUT2D eigenvalue weighted by Gasteiger charge is 2.59. The Morgan fingerprint density at radius 2 is 1.54 bits per heavy atom. The van der Waals surface area contributed by atoms with Gasteiger partial charge in [-0.15, -0.1) is 0 Å². The molecule has 2 bridgehead atoms. The molecule has 1 heterocycles. The average Bonchev–Trinajstić information content (AvgIpc) is 3.05. The Bertz CT molecular complexity index is 815. The average molecular weight is 345 g/mol. The van der Waals surface area contributed by atoms with Crippen LogP contribution in [0, 0.1) is 5.92 Å². The van der Waals surface area contributed by atoms with Gasteiger partial charge in [-0.1, -0.05) is 80.1 Å². The van der Waals surface area contributed by atoms with Crippen LogP contribution in [0.4, 0.5) is 0 Å². The Kier molecular flexibility index (Phi) is 4.23. The molecule has 1 aliphatic carbocycles. The molecule has 1 atom stereocenters. The van der Waals surface area contributed by atoms with Gasteiger partial charge in [0.25, 0.3) is 5.91 Å². The molecule has 0 spiro atoms. The molecule has 0 saturated carbocycles. The highest BCUT2D eigenvalue weighted by Crippen LogP contribution is 2.54. The first-order valence-electron chi connectivity index (χ1n) is 9.38. The maximum Gasteiger partial charge on any atom is 0.257 e. The van der Waals surface area contributed by atoms with E-state index in [1.165, 1.54) is 4.90 Å². The standard InChI is InChI=1S/C23H23NO2/c1-2-3-16-24-21(25)19-14-15-20(22(24)26)23(19,17-10-6-4-7-11-17)18-12-8-5-9-13-18/h4-14,20H,2-3,15-16H2,1H3. The zero-order chi connectivity index (χ0) is 18.1. The molecule has 2 aliphatic rings. The van der Waals surface area contributed by atoms with Crippen LogP contribution in [0.25, 0.3) is 0 Å². The first kappa shape index (κ1) is 16.8. The molecule has 3 heteroatoms. The SMILES string of the molecule is CCCCN1C(=O)C2=CCC(C1=O)C2(c1ccccc1)c1ccccc1. The van der Waals surface area contributed by atoms with E-state index in [-0.39, 0.29) is 17.7 Å². The quantitative estimate of drug-likeness (QED) is 0.766. The first-order chi connectivity index (χ1) is 12.7. The summed E-state index contributed by atoms with van der Waals surface area (Å²) in [7, 11) is 0. The third-order valence-electron chi connectivity index (χ3n) is 5.74. The van der Waals surface area contributed by atoms with Crippen molar-refractivity contribution in [2.45, 2.75) is 31.6 Å². The lowest BCUT2D eigenvalue weighted by molar-refractivity contribution is -0.149. The number of rotatable bonds is 5. The molecule has 4 rings (SSSR count). The Balaban J connectivity index is 1.91. The largest absolute Gasteiger partial charge is 0.278 e. The van der Waals surface area contributed by atoms with Crippen molar-refractivity contribution >= 4 is 11.8 Å². The van der Waals surface area contributed by atoms with Crippen molar-refractivity contribution in [1.82, 2.24) is 4.90 Å². The number of fused-ring (bicyclic) bond motifs is 2. The third kappa shape index (κ3) is 2.27. The summed E-state index contributed by atoms with van der Waals surface area (Å²) in [5, 5.41) is 0. The topological polar surface area (TPSA) is 37.4 Å². The van der Waals surface area contributed by atoms with Gasteiger partial charge in [0, 0.05) is 12.1 Å². The van der Waals surface area contributed by atoms with Gasteiger partial charge in [-0.05, 0) is 24.0 Å². The second-order valence-corrected chi connectivity index (χ2v) is 7.09. The number of carbonyl (C=O) groups excluding carboxylic acids is 2. The van der Waals surface area contributed by atoms with Crippen LogP contribution < -0.4 is 0 Å². The number of likely N-dealkylation sites (tertiary alicyclic amines) is 1. The number of carbonyl (C=O) groups is 2. The van der Waals surface area contributed by atoms with Crippen molar-refractivity contribution in [3.8, 4) is 0 Å². The van der Waals surface area contributed by atoms with Gasteiger partial charge >= 0.3 is 0 Å². The predicted octanol–water partition coefficient (Wildman–Crippen LogP) is 4.09. The van der Waals surface area contributed by atoms with E-state index in [4.69, 9.17) is 0 Å². The Labute approximate surface area is 154 Å². The van der Waals surface area contributed by atoms with Gasteiger partial charge in [0.1, 0.15) is 0 Å². The lowest BCUT2D eigenvalue weighted by Crippen LogP contribution is -2.56. The molecular formula is C23H23NO2. The summed E-state index contributed by atoms with van der Waals surface area (Å²) in [4.78, 5) is 28.1. The molecule has 26 heavy (non-hydrogen) atoms. The lowest BCUT2D eigenvalue weighted by Gasteiger charge is -2.45. The number of hydrogen-bond acceptors (Lipinski definition) is 2. The van der Waals surface area contributed by atoms with Crippen LogP contribution >= 0.6 is 0 Å². The van der Waals surface area contributed by atoms with Gasteiger partial charge in [0.15, 0.2) is 0 Å². The van der Waals surface area contributed by atoms with E-state index in [1.807, 2.05) is 66.7 Å². The number of nitrogens with zero attached hydrogens (tertiary/aromatic N) is 1. The van der Waals surface area contributed by atoms with Crippen LogP contribution in [0.15, 0.2) is 72.3 Å². The van der Waals surface area contributed by atoms with Gasteiger partial charge < -0.3 is 0 Å². The minimum Gasteiger partial charge on any atom is -0.278 e. The molecule has 2 amide bonds. The van der Waals surface area contributed by atoms with Gasteiger partial charge in [-0.2, -0.15) is 0 Å². The zero-order valence-electron chi connectivity index (χ0n) is 15.0. The van der Waals surface area contributed by atoms with Gasteiger partial charge in [-0.25, -0.2) is 0 Å². The normalized spacial score (nSPS) is 21.0. The first-order valence-corrected chi connectivity index (χ1v) is 9.38. The highest BCUT2D eigenvalue weighted by molar-refractivity contribution is 6.13. The van der Waals surface area contributed by atoms with E-state index in [0.717, 1.165) is 29.5 Å². The maximum absolute atomic E-state index is 13.3. The van der Waals surface area contributed by atoms with Crippen molar-refractivity contribution in [3.05, 3.63) is 83.4 Å². The number of piperidine rings is 1. The van der Waals surface area contributed by atoms with Crippen LogP contribution in [0.1, 0.15) is 37.3 Å². The Morgan fingerprint density at radius 1 is 0.962 bits per heavy atom. The Hall–Kier alpha value is -2.68. The van der Waals surface area contributed by atoms with E-state index in [9.17, 15) is 9.59 Å². The molecule has 2 aromatic carbocycles. The minimum absolute atomic E-state index is 0.0337. The molecule has 2 aromatic rings. The number of unbranched alkanes of at least 4 members (excludes halogenated alkanes) is 1. The van der Waals surface area contributed by atoms with Gasteiger partial charge in [0.05, 0.1) is 11.3 Å². The number of allylic oxidation sites excluding steroid dienone is 1. The number of amides is 2. The molecule has 1 unspecified atom stereocenters. The van der Waals surface area contributed by atoms with Crippen LogP contribution in [-0.4, -0.2) is 23.3 Å². The maximum atomic E-state index is 13.3. The number of benzene rings is 2. The van der Waals surface area contributed by atoms with Crippen molar-refractivity contribution in [3.63, 3.8) is 0 Å². The van der Waals surface area contributed by atoms with Gasteiger partial charge in [0.2, 0.25) is 5.91 Å². The Morgan fingerprint density at radius 3 is 2.08 bits per heavy atom. The van der Waals surface area contributed by atoms with E-state index in [0.29, 0.717) is 13.0 Å². The van der Waals surface area contributed by atoms with Crippen molar-refractivity contribution < 1.29 is 9.59 Å². The predicted molar refractivity (Wildman–Crippen MR) is 101 cm³/mol. The molecule has 1 saturated heterocycles. The second-order valence-electron chi connectivity index (χ2n) is 7.09. The summed E-state index contributed by atoms with van der Waals surface area (Å²) >= 11 is 0. The summed E-state index contributed by atoms with van der Waals surface area (Å²) in [5.41, 5.74) is 2.14. The van der Waals surface area contributed by atoms with E-state index in [2.05, 4.69) is 6.92 Å². The van der Waals surface area contributed by atoms with Crippen molar-refractivity contribution in [1.29, 1.82) is 0 Å². The van der Waals surface area contributed by atoms with Crippen molar-refractivity contribution in [2.24, 2.45) is 5.92 Å². The molecule has 132 valence electrons. The van der Waals surface area contributed by atoms with E-state index < -0.39 is 5.41 Å². The molecule has 0 radical (unpaired) electrons. The summed E-state index contributed by atoms with van der Waals surface area (Å²) in [5.74, 6) is -0.407. The summed E-state index contributed by atoms with van der Waals surface area (Å²) < 4.78 is 0.